The molecule has 0 spiro atoms. The van der Waals surface area contributed by atoms with Crippen LogP contribution in [0.2, 0.25) is 0 Å². The number of nitrogens with one attached hydrogen (secondary N) is 1. The molecule has 4 atom stereocenters. The summed E-state index contributed by atoms with van der Waals surface area (Å²) in [5.41, 5.74) is 1.61. The first-order chi connectivity index (χ1) is 17.3. The second-order valence-corrected chi connectivity index (χ2v) is 10.4. The third kappa shape index (κ3) is 4.96. The second kappa shape index (κ2) is 11.2. The minimum atomic E-state index is -1.07. The van der Waals surface area contributed by atoms with E-state index in [9.17, 15) is 24.9 Å². The van der Waals surface area contributed by atoms with E-state index in [-0.39, 0.29) is 37.5 Å². The number of aliphatic hydroxyl groups is 3. The van der Waals surface area contributed by atoms with Crippen LogP contribution in [0.3, 0.4) is 0 Å². The number of rotatable bonds is 10. The number of ether oxygens (including phenoxy) is 2. The molecule has 198 valence electrons. The summed E-state index contributed by atoms with van der Waals surface area (Å²) in [7, 11) is 1.50. The predicted molar refractivity (Wildman–Crippen MR) is 133 cm³/mol. The summed E-state index contributed by atoms with van der Waals surface area (Å²) in [5.74, 6) is 0.134. The number of carbonyl (C=O) groups excluding carboxylic acids is 2. The fraction of sp³-hybridized carbons (Fsp3) is 0.630. The first-order valence-electron chi connectivity index (χ1n) is 12.9. The molecule has 4 N–H and O–H groups in total. The largest absolute Gasteiger partial charge is 0.493 e. The lowest BCUT2D eigenvalue weighted by Crippen LogP contribution is -2.57. The zero-order valence-corrected chi connectivity index (χ0v) is 21.3. The van der Waals surface area contributed by atoms with Crippen molar-refractivity contribution in [2.75, 3.05) is 26.8 Å². The van der Waals surface area contributed by atoms with Gasteiger partial charge in [-0.25, -0.2) is 0 Å². The smallest absolute Gasteiger partial charge is 0.247 e. The van der Waals surface area contributed by atoms with Crippen LogP contribution in [-0.4, -0.2) is 77.1 Å². The van der Waals surface area contributed by atoms with Gasteiger partial charge in [0, 0.05) is 30.1 Å². The molecular formula is C27H38N2O7. The van der Waals surface area contributed by atoms with Crippen LogP contribution in [0.15, 0.2) is 23.8 Å². The SMILES string of the molecule is COc1cc(CO)cc2c1OC1C2C(C(=O)NCCO)=CC(N(CCC(C)C)C(=O)C2CCC2)C1O. The molecule has 36 heavy (non-hydrogen) atoms. The van der Waals surface area contributed by atoms with Crippen molar-refractivity contribution in [3.05, 3.63) is 34.9 Å². The highest BCUT2D eigenvalue weighted by Crippen LogP contribution is 2.51. The zero-order valence-electron chi connectivity index (χ0n) is 21.3. The number of hydrogen-bond acceptors (Lipinski definition) is 7. The molecule has 4 unspecified atom stereocenters. The molecule has 9 nitrogen and oxygen atoms in total. The summed E-state index contributed by atoms with van der Waals surface area (Å²) in [4.78, 5) is 28.5. The standard InChI is InChI=1S/C27H38N2O7/c1-15(2)7-9-29(27(34)17-5-4-6-17)20-13-19(26(33)28-8-10-30)22-18-11-16(14-31)12-21(35-3)24(18)36-25(22)23(20)32/h11-13,15,17,20,22-23,25,30-32H,4-10,14H2,1-3H3,(H,28,33). The molecule has 2 amide bonds. The van der Waals surface area contributed by atoms with E-state index in [2.05, 4.69) is 19.2 Å². The van der Waals surface area contributed by atoms with E-state index in [0.29, 0.717) is 40.7 Å². The molecule has 1 heterocycles. The third-order valence-corrected chi connectivity index (χ3v) is 7.54. The molecule has 0 bridgehead atoms. The maximum absolute atomic E-state index is 13.5. The Morgan fingerprint density at radius 3 is 2.58 bits per heavy atom. The van der Waals surface area contributed by atoms with Crippen molar-refractivity contribution in [1.29, 1.82) is 0 Å². The number of benzene rings is 1. The van der Waals surface area contributed by atoms with Crippen molar-refractivity contribution in [3.8, 4) is 11.5 Å². The summed E-state index contributed by atoms with van der Waals surface area (Å²) in [5, 5.41) is 33.4. The Kier molecular flexibility index (Phi) is 8.22. The third-order valence-electron chi connectivity index (χ3n) is 7.54. The Morgan fingerprint density at radius 1 is 1.25 bits per heavy atom. The zero-order chi connectivity index (χ0) is 26.0. The molecule has 0 aromatic heterocycles. The molecule has 3 aliphatic rings. The minimum absolute atomic E-state index is 0.00595. The van der Waals surface area contributed by atoms with Gasteiger partial charge in [-0.2, -0.15) is 0 Å². The van der Waals surface area contributed by atoms with E-state index < -0.39 is 24.2 Å². The molecule has 1 aromatic rings. The van der Waals surface area contributed by atoms with Crippen molar-refractivity contribution in [2.45, 2.75) is 70.3 Å². The molecule has 1 fully saturated rings. The molecule has 1 aromatic carbocycles. The summed E-state index contributed by atoms with van der Waals surface area (Å²) < 4.78 is 11.7. The lowest BCUT2D eigenvalue weighted by Gasteiger charge is -2.43. The van der Waals surface area contributed by atoms with Crippen molar-refractivity contribution >= 4 is 11.8 Å². The number of amides is 2. The van der Waals surface area contributed by atoms with Crippen molar-refractivity contribution in [2.24, 2.45) is 11.8 Å². The lowest BCUT2D eigenvalue weighted by atomic mass is 9.76. The van der Waals surface area contributed by atoms with E-state index >= 15 is 0 Å². The molecule has 9 heteroatoms. The second-order valence-electron chi connectivity index (χ2n) is 10.4. The van der Waals surface area contributed by atoms with Crippen LogP contribution in [-0.2, 0) is 16.2 Å². The van der Waals surface area contributed by atoms with Crippen LogP contribution < -0.4 is 14.8 Å². The molecule has 4 rings (SSSR count). The van der Waals surface area contributed by atoms with Crippen molar-refractivity contribution < 1.29 is 34.4 Å². The van der Waals surface area contributed by atoms with Crippen LogP contribution in [0.4, 0.5) is 0 Å². The molecule has 0 saturated heterocycles. The van der Waals surface area contributed by atoms with Crippen molar-refractivity contribution in [3.63, 3.8) is 0 Å². The Labute approximate surface area is 212 Å². The van der Waals surface area contributed by atoms with Gasteiger partial charge < -0.3 is 35.0 Å². The normalized spacial score (nSPS) is 24.8. The minimum Gasteiger partial charge on any atom is -0.493 e. The number of carbonyl (C=O) groups is 2. The van der Waals surface area contributed by atoms with Crippen LogP contribution in [0, 0.1) is 11.8 Å². The summed E-state index contributed by atoms with van der Waals surface area (Å²) in [6.45, 7) is 4.29. The molecule has 1 saturated carbocycles. The molecule has 1 aliphatic heterocycles. The van der Waals surface area contributed by atoms with E-state index in [1.54, 1.807) is 23.1 Å². The number of fused-ring (bicyclic) bond motifs is 3. The first kappa shape index (κ1) is 26.4. The summed E-state index contributed by atoms with van der Waals surface area (Å²) >= 11 is 0. The van der Waals surface area contributed by atoms with E-state index in [1.807, 2.05) is 0 Å². The van der Waals surface area contributed by atoms with E-state index in [4.69, 9.17) is 9.47 Å². The number of aliphatic hydroxyl groups excluding tert-OH is 3. The lowest BCUT2D eigenvalue weighted by molar-refractivity contribution is -0.144. The van der Waals surface area contributed by atoms with E-state index in [1.165, 1.54) is 7.11 Å². The van der Waals surface area contributed by atoms with Gasteiger partial charge in [0.1, 0.15) is 12.2 Å². The van der Waals surface area contributed by atoms with Gasteiger partial charge >= 0.3 is 0 Å². The van der Waals surface area contributed by atoms with Crippen molar-refractivity contribution in [1.82, 2.24) is 10.2 Å². The Hall–Kier alpha value is -2.62. The van der Waals surface area contributed by atoms with Gasteiger partial charge in [0.2, 0.25) is 11.8 Å². The molecule has 2 aliphatic carbocycles. The van der Waals surface area contributed by atoms with Gasteiger partial charge in [-0.3, -0.25) is 9.59 Å². The number of methoxy groups -OCH3 is 1. The highest BCUT2D eigenvalue weighted by Gasteiger charge is 2.52. The van der Waals surface area contributed by atoms with Gasteiger partial charge in [-0.05, 0) is 49.0 Å². The van der Waals surface area contributed by atoms with E-state index in [0.717, 1.165) is 25.7 Å². The highest BCUT2D eigenvalue weighted by atomic mass is 16.5. The van der Waals surface area contributed by atoms with Gasteiger partial charge in [0.05, 0.1) is 32.3 Å². The maximum Gasteiger partial charge on any atom is 0.247 e. The van der Waals surface area contributed by atoms with Gasteiger partial charge in [0.15, 0.2) is 11.5 Å². The quantitative estimate of drug-likeness (QED) is 0.382. The van der Waals surface area contributed by atoms with Crippen LogP contribution in [0.1, 0.15) is 56.6 Å². The summed E-state index contributed by atoms with van der Waals surface area (Å²) in [6, 6.07) is 2.70. The van der Waals surface area contributed by atoms with Crippen LogP contribution >= 0.6 is 0 Å². The van der Waals surface area contributed by atoms with Crippen LogP contribution in [0.25, 0.3) is 0 Å². The van der Waals surface area contributed by atoms with Crippen LogP contribution in [0.5, 0.6) is 11.5 Å². The topological polar surface area (TPSA) is 129 Å². The van der Waals surface area contributed by atoms with Gasteiger partial charge in [0.25, 0.3) is 0 Å². The fourth-order valence-corrected chi connectivity index (χ4v) is 5.31. The molecular weight excluding hydrogens is 464 g/mol. The predicted octanol–water partition coefficient (Wildman–Crippen LogP) is 1.48. The Balaban J connectivity index is 1.78. The van der Waals surface area contributed by atoms with Gasteiger partial charge in [-0.1, -0.05) is 20.3 Å². The summed E-state index contributed by atoms with van der Waals surface area (Å²) in [6.07, 6.45) is 3.27. The number of hydrogen-bond donors (Lipinski definition) is 4. The number of nitrogens with zero attached hydrogens (tertiary/aromatic N) is 1. The van der Waals surface area contributed by atoms with Gasteiger partial charge in [-0.15, -0.1) is 0 Å². The Morgan fingerprint density at radius 2 is 2.00 bits per heavy atom. The maximum atomic E-state index is 13.5. The first-order valence-corrected chi connectivity index (χ1v) is 12.9. The average Bonchev–Trinajstić information content (AvgIpc) is 3.22. The monoisotopic (exact) mass is 502 g/mol. The molecule has 0 radical (unpaired) electrons. The average molecular weight is 503 g/mol. The highest BCUT2D eigenvalue weighted by molar-refractivity contribution is 5.96. The Bertz CT molecular complexity index is 1000. The fourth-order valence-electron chi connectivity index (χ4n) is 5.31.